The van der Waals surface area contributed by atoms with E-state index in [-0.39, 0.29) is 25.4 Å². The van der Waals surface area contributed by atoms with Crippen LogP contribution in [0, 0.1) is 0 Å². The molecule has 0 fully saturated rings. The van der Waals surface area contributed by atoms with Gasteiger partial charge in [-0.25, -0.2) is 0 Å². The molecule has 0 radical (unpaired) electrons. The lowest BCUT2D eigenvalue weighted by molar-refractivity contribution is -0.870. The maximum absolute atomic E-state index is 13.4. The van der Waals surface area contributed by atoms with Gasteiger partial charge in [-0.05, 0) is 109 Å². The van der Waals surface area contributed by atoms with E-state index in [2.05, 4.69) is 123 Å². The third kappa shape index (κ3) is 51.4. The molecule has 0 rings (SSSR count). The predicted octanol–water partition coefficient (Wildman–Crippen LogP) is 16.4. The van der Waals surface area contributed by atoms with E-state index in [4.69, 9.17) is 13.8 Å². The first-order valence-corrected chi connectivity index (χ1v) is 29.7. The molecule has 3 unspecified atom stereocenters. The summed E-state index contributed by atoms with van der Waals surface area (Å²) >= 11 is 0. The number of amides is 1. The zero-order chi connectivity index (χ0) is 52.2. The fourth-order valence-electron chi connectivity index (χ4n) is 7.27. The summed E-state index contributed by atoms with van der Waals surface area (Å²) in [6, 6.07) is -0.944. The highest BCUT2D eigenvalue weighted by Gasteiger charge is 2.27. The van der Waals surface area contributed by atoms with Gasteiger partial charge in [0.2, 0.25) is 5.91 Å². The Morgan fingerprint density at radius 3 is 1.31 bits per heavy atom. The van der Waals surface area contributed by atoms with Gasteiger partial charge >= 0.3 is 5.97 Å². The van der Waals surface area contributed by atoms with Gasteiger partial charge in [0.25, 0.3) is 7.82 Å². The molecular weight excluding hydrogens is 904 g/mol. The van der Waals surface area contributed by atoms with Crippen molar-refractivity contribution in [1.29, 1.82) is 0 Å². The molecule has 1 N–H and O–H groups in total. The Hall–Kier alpha value is -3.33. The van der Waals surface area contributed by atoms with Crippen LogP contribution < -0.4 is 10.2 Å². The first-order valence-electron chi connectivity index (χ1n) is 28.2. The zero-order valence-corrected chi connectivity index (χ0v) is 47.0. The molecule has 71 heavy (non-hydrogen) atoms. The van der Waals surface area contributed by atoms with Crippen LogP contribution in [0.2, 0.25) is 0 Å². The van der Waals surface area contributed by atoms with Crippen molar-refractivity contribution in [3.63, 3.8) is 0 Å². The minimum absolute atomic E-state index is 0.0463. The molecule has 0 aromatic heterocycles. The van der Waals surface area contributed by atoms with Crippen molar-refractivity contribution in [3.8, 4) is 0 Å². The van der Waals surface area contributed by atoms with Crippen molar-refractivity contribution in [2.45, 2.75) is 226 Å². The average Bonchev–Trinajstić information content (AvgIpc) is 3.33. The Balaban J connectivity index is 5.54. The summed E-state index contributed by atoms with van der Waals surface area (Å²) in [5.74, 6) is -0.682. The Labute approximate surface area is 436 Å². The Morgan fingerprint density at radius 1 is 0.493 bits per heavy atom. The second-order valence-corrected chi connectivity index (χ2v) is 21.1. The van der Waals surface area contributed by atoms with Crippen LogP contribution in [0.25, 0.3) is 0 Å². The van der Waals surface area contributed by atoms with Gasteiger partial charge in [-0.15, -0.1) is 0 Å². The Bertz CT molecular complexity index is 1580. The Morgan fingerprint density at radius 2 is 0.859 bits per heavy atom. The van der Waals surface area contributed by atoms with Gasteiger partial charge in [0.15, 0.2) is 0 Å². The molecule has 0 saturated carbocycles. The molecule has 0 bridgehead atoms. The number of carbonyl (C=O) groups excluding carboxylic acids is 2. The predicted molar refractivity (Wildman–Crippen MR) is 302 cm³/mol. The summed E-state index contributed by atoms with van der Waals surface area (Å²) < 4.78 is 30.1. The molecule has 406 valence electrons. The summed E-state index contributed by atoms with van der Waals surface area (Å²) in [5.41, 5.74) is 0. The molecule has 0 heterocycles. The first kappa shape index (κ1) is 67.7. The smallest absolute Gasteiger partial charge is 0.306 e. The number of nitrogens with zero attached hydrogens (tertiary/aromatic N) is 1. The first-order chi connectivity index (χ1) is 34.4. The van der Waals surface area contributed by atoms with Crippen molar-refractivity contribution in [2.75, 3.05) is 40.9 Å². The second-order valence-electron chi connectivity index (χ2n) is 19.7. The molecule has 3 atom stereocenters. The van der Waals surface area contributed by atoms with E-state index in [0.29, 0.717) is 23.9 Å². The monoisotopic (exact) mass is 1010 g/mol. The topological polar surface area (TPSA) is 114 Å². The quantitative estimate of drug-likeness (QED) is 0.0212. The minimum atomic E-state index is -4.73. The second kappa shape index (κ2) is 50.2. The van der Waals surface area contributed by atoms with Gasteiger partial charge in [0.05, 0.1) is 33.8 Å². The number of nitrogens with one attached hydrogen (secondary N) is 1. The largest absolute Gasteiger partial charge is 0.756 e. The molecule has 0 aliphatic heterocycles. The van der Waals surface area contributed by atoms with Gasteiger partial charge in [0.1, 0.15) is 19.3 Å². The summed E-state index contributed by atoms with van der Waals surface area (Å²) in [4.78, 5) is 39.8. The van der Waals surface area contributed by atoms with Crippen molar-refractivity contribution < 1.29 is 37.3 Å². The van der Waals surface area contributed by atoms with E-state index in [1.54, 1.807) is 6.08 Å². The number of unbranched alkanes of at least 4 members (excludes halogenated alkanes) is 17. The van der Waals surface area contributed by atoms with E-state index in [0.717, 1.165) is 77.0 Å². The summed E-state index contributed by atoms with van der Waals surface area (Å²) in [6.45, 7) is 6.67. The van der Waals surface area contributed by atoms with Crippen molar-refractivity contribution >= 4 is 19.7 Å². The fraction of sp³-hybridized carbons (Fsp3) is 0.672. The minimum Gasteiger partial charge on any atom is -0.756 e. The van der Waals surface area contributed by atoms with Gasteiger partial charge in [-0.1, -0.05) is 201 Å². The molecular formula is C61H105N2O7P. The maximum atomic E-state index is 13.4. The number of hydrogen-bond acceptors (Lipinski definition) is 7. The van der Waals surface area contributed by atoms with Gasteiger partial charge in [0, 0.05) is 12.8 Å². The van der Waals surface area contributed by atoms with Crippen LogP contribution in [0.3, 0.4) is 0 Å². The van der Waals surface area contributed by atoms with Crippen molar-refractivity contribution in [1.82, 2.24) is 5.32 Å². The van der Waals surface area contributed by atoms with Crippen LogP contribution in [0.1, 0.15) is 213 Å². The molecule has 0 aliphatic rings. The lowest BCUT2D eigenvalue weighted by atomic mass is 10.1. The highest BCUT2D eigenvalue weighted by atomic mass is 31.2. The number of ether oxygens (including phenoxy) is 1. The number of allylic oxidation sites excluding steroid dienone is 17. The molecule has 9 nitrogen and oxygen atoms in total. The Kier molecular flexibility index (Phi) is 47.9. The molecule has 1 amide bonds. The molecule has 0 aromatic rings. The number of carbonyl (C=O) groups is 2. The van der Waals surface area contributed by atoms with Crippen LogP contribution in [0.15, 0.2) is 109 Å². The number of likely N-dealkylation sites (N-methyl/N-ethyl adjacent to an activating group) is 1. The van der Waals surface area contributed by atoms with Gasteiger partial charge in [-0.2, -0.15) is 0 Å². The summed E-state index contributed by atoms with van der Waals surface area (Å²) in [5, 5.41) is 2.96. The summed E-state index contributed by atoms with van der Waals surface area (Å²) in [6.07, 6.45) is 67.8. The third-order valence-electron chi connectivity index (χ3n) is 11.7. The maximum Gasteiger partial charge on any atom is 0.306 e. The molecule has 0 spiro atoms. The number of esters is 1. The molecule has 10 heteroatoms. The standard InChI is InChI=1S/C61H105N2O7P/c1-7-10-13-16-19-22-25-27-29-31-33-35-38-41-44-47-50-53-60(64)62-58(57-69-71(66,67)68-56-55-63(4,5)6)59(52-49-46-43-40-37-24-21-18-15-12-9-3)70-61(65)54-51-48-45-42-39-36-34-32-30-28-26-23-20-17-14-11-8-2/h19-20,22-23,27-30,33-36,41-42,44-45,49,52,58-59H,7-18,21,24-26,31-32,37-40,43,46-48,50-51,53-57H2,1-6H3,(H-,62,64,66,67)/b22-19-,23-20-,29-27-,30-28-,35-33-,36-34-,44-41-,45-42-,52-49+. The fourth-order valence-corrected chi connectivity index (χ4v) is 7.99. The van der Waals surface area contributed by atoms with Crippen LogP contribution in [0.4, 0.5) is 0 Å². The average molecular weight is 1010 g/mol. The zero-order valence-electron chi connectivity index (χ0n) is 46.1. The highest BCUT2D eigenvalue weighted by Crippen LogP contribution is 2.38. The highest BCUT2D eigenvalue weighted by molar-refractivity contribution is 7.45. The summed E-state index contributed by atoms with van der Waals surface area (Å²) in [7, 11) is 1.10. The van der Waals surface area contributed by atoms with E-state index >= 15 is 0 Å². The molecule has 0 aliphatic carbocycles. The van der Waals surface area contributed by atoms with E-state index < -0.39 is 32.5 Å². The lowest BCUT2D eigenvalue weighted by Gasteiger charge is -2.30. The third-order valence-corrected chi connectivity index (χ3v) is 12.6. The number of hydrogen-bond donors (Lipinski definition) is 1. The van der Waals surface area contributed by atoms with E-state index in [1.165, 1.54) is 89.9 Å². The van der Waals surface area contributed by atoms with Crippen molar-refractivity contribution in [2.24, 2.45) is 0 Å². The van der Waals surface area contributed by atoms with Crippen LogP contribution in [-0.4, -0.2) is 69.4 Å². The van der Waals surface area contributed by atoms with Crippen molar-refractivity contribution in [3.05, 3.63) is 109 Å². The van der Waals surface area contributed by atoms with E-state index in [1.807, 2.05) is 27.2 Å². The van der Waals surface area contributed by atoms with Gasteiger partial charge < -0.3 is 28.5 Å². The molecule has 0 saturated heterocycles. The van der Waals surface area contributed by atoms with E-state index in [9.17, 15) is 19.0 Å². The SMILES string of the molecule is CCCCC/C=C\C/C=C\C/C=C\C/C=C\CCCC(=O)NC(COP(=O)([O-])OCC[N+](C)(C)C)C(/C=C/CCCCCCCCCCC)OC(=O)CCC/C=C\C/C=C\C/C=C\C/C=C\CCCCC. The number of quaternary nitrogens is 1. The van der Waals surface area contributed by atoms with Crippen LogP contribution >= 0.6 is 7.82 Å². The van der Waals surface area contributed by atoms with Crippen LogP contribution in [0.5, 0.6) is 0 Å². The molecule has 0 aromatic carbocycles. The number of phosphoric acid groups is 1. The lowest BCUT2D eigenvalue weighted by Crippen LogP contribution is -2.47. The number of phosphoric ester groups is 1. The number of rotatable bonds is 49. The van der Waals surface area contributed by atoms with Crippen LogP contribution in [-0.2, 0) is 27.9 Å². The normalized spacial score (nSPS) is 14.6. The van der Waals surface area contributed by atoms with Gasteiger partial charge in [-0.3, -0.25) is 14.2 Å².